The van der Waals surface area contributed by atoms with E-state index in [1.54, 1.807) is 10.8 Å². The van der Waals surface area contributed by atoms with Gasteiger partial charge in [0.05, 0.1) is 16.9 Å². The van der Waals surface area contributed by atoms with Crippen LogP contribution in [0, 0.1) is 23.0 Å². The number of halogens is 2. The van der Waals surface area contributed by atoms with Crippen LogP contribution < -0.4 is 5.32 Å². The van der Waals surface area contributed by atoms with Crippen LogP contribution in [0.15, 0.2) is 18.3 Å². The molecule has 4 nitrogen and oxygen atoms in total. The molecule has 0 spiro atoms. The number of hydrogen-bond acceptors (Lipinski definition) is 3. The molecular formula is C14H14F2N4. The molecule has 0 saturated carbocycles. The fraction of sp³-hybridized carbons (Fsp3) is 0.286. The van der Waals surface area contributed by atoms with E-state index in [0.717, 1.165) is 17.7 Å². The number of aryl methyl sites for hydroxylation is 2. The van der Waals surface area contributed by atoms with E-state index in [9.17, 15) is 8.78 Å². The topological polar surface area (TPSA) is 53.6 Å². The summed E-state index contributed by atoms with van der Waals surface area (Å²) in [5.41, 5.74) is 1.57. The Kier molecular flexibility index (Phi) is 3.99. The minimum Gasteiger partial charge on any atom is -0.378 e. The van der Waals surface area contributed by atoms with Crippen molar-refractivity contribution in [1.82, 2.24) is 9.78 Å². The molecule has 2 rings (SSSR count). The van der Waals surface area contributed by atoms with Gasteiger partial charge in [-0.25, -0.2) is 8.78 Å². The van der Waals surface area contributed by atoms with E-state index in [0.29, 0.717) is 6.54 Å². The fourth-order valence-corrected chi connectivity index (χ4v) is 1.99. The second kappa shape index (κ2) is 5.70. The van der Waals surface area contributed by atoms with Crippen molar-refractivity contribution in [2.24, 2.45) is 7.05 Å². The van der Waals surface area contributed by atoms with Crippen LogP contribution >= 0.6 is 0 Å². The van der Waals surface area contributed by atoms with E-state index in [4.69, 9.17) is 5.26 Å². The van der Waals surface area contributed by atoms with Crippen molar-refractivity contribution in [2.75, 3.05) is 5.32 Å². The normalized spacial score (nSPS) is 10.3. The van der Waals surface area contributed by atoms with Crippen molar-refractivity contribution < 1.29 is 8.78 Å². The Bertz CT molecular complexity index is 671. The maximum Gasteiger partial charge on any atom is 0.183 e. The minimum atomic E-state index is -1.13. The van der Waals surface area contributed by atoms with Crippen LogP contribution in [-0.4, -0.2) is 9.78 Å². The lowest BCUT2D eigenvalue weighted by atomic mass is 10.1. The number of rotatable bonds is 4. The molecule has 0 bridgehead atoms. The van der Waals surface area contributed by atoms with Gasteiger partial charge in [0, 0.05) is 25.4 Å². The molecule has 104 valence electrons. The highest BCUT2D eigenvalue weighted by molar-refractivity contribution is 5.50. The molecule has 1 aromatic carbocycles. The minimum absolute atomic E-state index is 0.0346. The number of nitriles is 1. The number of hydrogen-bond donors (Lipinski definition) is 1. The first kappa shape index (κ1) is 14.0. The van der Waals surface area contributed by atoms with Gasteiger partial charge in [0.25, 0.3) is 0 Å². The van der Waals surface area contributed by atoms with Crippen molar-refractivity contribution in [3.8, 4) is 6.07 Å². The van der Waals surface area contributed by atoms with Crippen LogP contribution in [-0.2, 0) is 20.0 Å². The Hall–Kier alpha value is -2.42. The van der Waals surface area contributed by atoms with Crippen molar-refractivity contribution in [2.45, 2.75) is 19.9 Å². The Labute approximate surface area is 115 Å². The summed E-state index contributed by atoms with van der Waals surface area (Å²) in [5, 5.41) is 15.7. The molecule has 0 unspecified atom stereocenters. The highest BCUT2D eigenvalue weighted by Gasteiger charge is 2.13. The van der Waals surface area contributed by atoms with Gasteiger partial charge >= 0.3 is 0 Å². The fourth-order valence-electron chi connectivity index (χ4n) is 1.99. The molecule has 0 fully saturated rings. The maximum absolute atomic E-state index is 13.7. The van der Waals surface area contributed by atoms with Crippen LogP contribution in [0.3, 0.4) is 0 Å². The summed E-state index contributed by atoms with van der Waals surface area (Å²) in [5.74, 6) is -2.16. The lowest BCUT2D eigenvalue weighted by molar-refractivity contribution is 0.508. The zero-order valence-electron chi connectivity index (χ0n) is 11.2. The van der Waals surface area contributed by atoms with Gasteiger partial charge in [0.15, 0.2) is 11.6 Å². The Morgan fingerprint density at radius 3 is 2.75 bits per heavy atom. The average Bonchev–Trinajstić information content (AvgIpc) is 2.81. The summed E-state index contributed by atoms with van der Waals surface area (Å²) < 4.78 is 28.9. The summed E-state index contributed by atoms with van der Waals surface area (Å²) in [6, 6.07) is 4.22. The quantitative estimate of drug-likeness (QED) is 0.934. The molecule has 1 N–H and O–H groups in total. The lowest BCUT2D eigenvalue weighted by Gasteiger charge is -2.08. The molecule has 0 amide bonds. The molecule has 0 radical (unpaired) electrons. The Morgan fingerprint density at radius 2 is 2.10 bits per heavy atom. The molecule has 0 saturated heterocycles. The van der Waals surface area contributed by atoms with E-state index < -0.39 is 11.6 Å². The predicted molar refractivity (Wildman–Crippen MR) is 71.0 cm³/mol. The van der Waals surface area contributed by atoms with Gasteiger partial charge in [-0.2, -0.15) is 10.4 Å². The van der Waals surface area contributed by atoms with Gasteiger partial charge in [0.2, 0.25) is 0 Å². The number of benzene rings is 1. The molecule has 1 aromatic heterocycles. The average molecular weight is 276 g/mol. The van der Waals surface area contributed by atoms with Gasteiger partial charge in [-0.15, -0.1) is 0 Å². The van der Waals surface area contributed by atoms with Crippen molar-refractivity contribution >= 4 is 5.69 Å². The first-order chi connectivity index (χ1) is 9.56. The van der Waals surface area contributed by atoms with Gasteiger partial charge in [-0.1, -0.05) is 6.92 Å². The molecule has 6 heteroatoms. The van der Waals surface area contributed by atoms with Crippen LogP contribution in [0.5, 0.6) is 0 Å². The second-order valence-corrected chi connectivity index (χ2v) is 4.38. The van der Waals surface area contributed by atoms with Crippen LogP contribution in [0.1, 0.15) is 23.7 Å². The van der Waals surface area contributed by atoms with Crippen molar-refractivity contribution in [3.05, 3.63) is 46.8 Å². The molecule has 0 aliphatic rings. The smallest absolute Gasteiger partial charge is 0.183 e. The molecule has 0 atom stereocenters. The number of aromatic nitrogens is 2. The van der Waals surface area contributed by atoms with Crippen LogP contribution in [0.4, 0.5) is 14.5 Å². The van der Waals surface area contributed by atoms with Gasteiger partial charge in [-0.05, 0) is 18.6 Å². The summed E-state index contributed by atoms with van der Waals surface area (Å²) in [6.07, 6.45) is 2.60. The van der Waals surface area contributed by atoms with Gasteiger partial charge in [0.1, 0.15) is 6.07 Å². The zero-order chi connectivity index (χ0) is 14.7. The summed E-state index contributed by atoms with van der Waals surface area (Å²) in [7, 11) is 1.81. The largest absolute Gasteiger partial charge is 0.378 e. The predicted octanol–water partition coefficient (Wildman–Crippen LogP) is 2.74. The Morgan fingerprint density at radius 1 is 1.35 bits per heavy atom. The van der Waals surface area contributed by atoms with Crippen molar-refractivity contribution in [3.63, 3.8) is 0 Å². The molecule has 0 aliphatic heterocycles. The number of anilines is 1. The SMILES string of the molecule is CCc1nn(C)cc1CNc1ccc(C#N)c(F)c1F. The van der Waals surface area contributed by atoms with E-state index in [1.165, 1.54) is 12.1 Å². The van der Waals surface area contributed by atoms with Gasteiger partial charge in [-0.3, -0.25) is 4.68 Å². The van der Waals surface area contributed by atoms with E-state index >= 15 is 0 Å². The van der Waals surface area contributed by atoms with Crippen LogP contribution in [0.2, 0.25) is 0 Å². The van der Waals surface area contributed by atoms with E-state index in [2.05, 4.69) is 10.4 Å². The molecule has 2 aromatic rings. The van der Waals surface area contributed by atoms with Gasteiger partial charge < -0.3 is 5.32 Å². The lowest BCUT2D eigenvalue weighted by Crippen LogP contribution is -2.05. The monoisotopic (exact) mass is 276 g/mol. The number of nitrogens with zero attached hydrogens (tertiary/aromatic N) is 3. The molecular weight excluding hydrogens is 262 g/mol. The standard InChI is InChI=1S/C14H14F2N4/c1-3-11-10(8-20(2)19-11)7-18-12-5-4-9(6-17)13(15)14(12)16/h4-5,8,18H,3,7H2,1-2H3. The third kappa shape index (κ3) is 2.62. The van der Waals surface area contributed by atoms with Crippen LogP contribution in [0.25, 0.3) is 0 Å². The maximum atomic E-state index is 13.7. The first-order valence-electron chi connectivity index (χ1n) is 6.20. The third-order valence-corrected chi connectivity index (χ3v) is 3.00. The highest BCUT2D eigenvalue weighted by atomic mass is 19.2. The summed E-state index contributed by atoms with van der Waals surface area (Å²) in [6.45, 7) is 2.33. The van der Waals surface area contributed by atoms with E-state index in [-0.39, 0.29) is 11.3 Å². The summed E-state index contributed by atoms with van der Waals surface area (Å²) in [4.78, 5) is 0. The highest BCUT2D eigenvalue weighted by Crippen LogP contribution is 2.21. The molecule has 1 heterocycles. The second-order valence-electron chi connectivity index (χ2n) is 4.38. The Balaban J connectivity index is 2.19. The zero-order valence-corrected chi connectivity index (χ0v) is 11.2. The number of nitrogens with one attached hydrogen (secondary N) is 1. The molecule has 0 aliphatic carbocycles. The third-order valence-electron chi connectivity index (χ3n) is 3.00. The first-order valence-corrected chi connectivity index (χ1v) is 6.20. The van der Waals surface area contributed by atoms with Crippen molar-refractivity contribution in [1.29, 1.82) is 5.26 Å². The summed E-state index contributed by atoms with van der Waals surface area (Å²) >= 11 is 0. The van der Waals surface area contributed by atoms with E-state index in [1.807, 2.05) is 20.2 Å². The molecule has 20 heavy (non-hydrogen) atoms.